The van der Waals surface area contributed by atoms with Gasteiger partial charge < -0.3 is 10.6 Å². The van der Waals surface area contributed by atoms with Gasteiger partial charge in [0.2, 0.25) is 0 Å². The van der Waals surface area contributed by atoms with E-state index in [0.717, 1.165) is 25.9 Å². The molecule has 0 aliphatic carbocycles. The van der Waals surface area contributed by atoms with Gasteiger partial charge in [0.05, 0.1) is 0 Å². The van der Waals surface area contributed by atoms with Crippen LogP contribution in [0.4, 0.5) is 5.69 Å². The number of anilines is 1. The van der Waals surface area contributed by atoms with Crippen LogP contribution in [0.15, 0.2) is 18.2 Å². The normalized spacial score (nSPS) is 19.9. The van der Waals surface area contributed by atoms with Crippen molar-refractivity contribution in [3.8, 4) is 0 Å². The lowest BCUT2D eigenvalue weighted by Crippen LogP contribution is -2.43. The lowest BCUT2D eigenvalue weighted by Gasteiger charge is -2.39. The van der Waals surface area contributed by atoms with Crippen molar-refractivity contribution in [3.05, 3.63) is 29.3 Å². The van der Waals surface area contributed by atoms with Gasteiger partial charge in [0.15, 0.2) is 0 Å². The monoisotopic (exact) mass is 292 g/mol. The van der Waals surface area contributed by atoms with E-state index in [-0.39, 0.29) is 6.04 Å². The number of benzene rings is 1. The maximum absolute atomic E-state index is 6.06. The Bertz CT molecular complexity index is 456. The van der Waals surface area contributed by atoms with Crippen LogP contribution in [-0.2, 0) is 6.42 Å². The molecule has 0 radical (unpaired) electrons. The number of aryl methyl sites for hydroxylation is 1. The van der Waals surface area contributed by atoms with Gasteiger partial charge in [-0.2, -0.15) is 11.8 Å². The molecule has 1 atom stereocenters. The third-order valence-electron chi connectivity index (χ3n) is 4.05. The molecule has 0 saturated carbocycles. The van der Waals surface area contributed by atoms with Crippen molar-refractivity contribution in [2.75, 3.05) is 23.7 Å². The topological polar surface area (TPSA) is 29.3 Å². The van der Waals surface area contributed by atoms with E-state index >= 15 is 0 Å². The summed E-state index contributed by atoms with van der Waals surface area (Å²) in [6.45, 7) is 11.3. The van der Waals surface area contributed by atoms with Gasteiger partial charge in [0.1, 0.15) is 0 Å². The highest BCUT2D eigenvalue weighted by Gasteiger charge is 2.27. The molecule has 112 valence electrons. The van der Waals surface area contributed by atoms with Gasteiger partial charge in [-0.05, 0) is 50.8 Å². The summed E-state index contributed by atoms with van der Waals surface area (Å²) in [6, 6.07) is 7.15. The van der Waals surface area contributed by atoms with E-state index in [1.807, 2.05) is 0 Å². The van der Waals surface area contributed by atoms with Gasteiger partial charge in [0, 0.05) is 35.3 Å². The van der Waals surface area contributed by atoms with Crippen molar-refractivity contribution in [1.82, 2.24) is 0 Å². The van der Waals surface area contributed by atoms with Crippen LogP contribution < -0.4 is 10.6 Å². The maximum atomic E-state index is 6.06. The van der Waals surface area contributed by atoms with E-state index in [2.05, 4.69) is 62.6 Å². The molecule has 2 N–H and O–H groups in total. The first-order valence-corrected chi connectivity index (χ1v) is 8.64. The molecular weight excluding hydrogens is 264 g/mol. The zero-order valence-corrected chi connectivity index (χ0v) is 14.1. The molecule has 1 unspecified atom stereocenters. The predicted octanol–water partition coefficient (Wildman–Crippen LogP) is 3.61. The number of nitrogens with zero attached hydrogens (tertiary/aromatic N) is 1. The van der Waals surface area contributed by atoms with Gasteiger partial charge >= 0.3 is 0 Å². The minimum atomic E-state index is 0.283. The minimum absolute atomic E-state index is 0.283. The summed E-state index contributed by atoms with van der Waals surface area (Å²) in [4.78, 5) is 2.54. The lowest BCUT2D eigenvalue weighted by molar-refractivity contribution is 0.642. The number of nitrogens with two attached hydrogens (primary N) is 1. The molecule has 3 heteroatoms. The summed E-state index contributed by atoms with van der Waals surface area (Å²) in [7, 11) is 0. The summed E-state index contributed by atoms with van der Waals surface area (Å²) < 4.78 is 0.355. The van der Waals surface area contributed by atoms with Crippen LogP contribution in [-0.4, -0.2) is 29.6 Å². The Kier molecular flexibility index (Phi) is 5.03. The van der Waals surface area contributed by atoms with Crippen LogP contribution in [0.3, 0.4) is 0 Å². The standard InChI is InChI=1S/C17H28N2S/c1-5-15(18)11-14-6-7-16(13(2)10-14)19-8-9-20-17(3,4)12-19/h6-7,10,15H,5,8-9,11-12,18H2,1-4H3. The highest BCUT2D eigenvalue weighted by molar-refractivity contribution is 8.00. The molecule has 0 spiro atoms. The van der Waals surface area contributed by atoms with E-state index in [0.29, 0.717) is 4.75 Å². The fraction of sp³-hybridized carbons (Fsp3) is 0.647. The molecular formula is C17H28N2S. The average molecular weight is 292 g/mol. The Hall–Kier alpha value is -0.670. The van der Waals surface area contributed by atoms with E-state index in [1.54, 1.807) is 0 Å². The number of hydrogen-bond acceptors (Lipinski definition) is 3. The molecule has 1 saturated heterocycles. The first kappa shape index (κ1) is 15.7. The zero-order valence-electron chi connectivity index (χ0n) is 13.3. The van der Waals surface area contributed by atoms with Gasteiger partial charge in [-0.3, -0.25) is 0 Å². The van der Waals surface area contributed by atoms with Crippen LogP contribution >= 0.6 is 11.8 Å². The second-order valence-electron chi connectivity index (χ2n) is 6.52. The molecule has 0 bridgehead atoms. The quantitative estimate of drug-likeness (QED) is 0.919. The molecule has 1 fully saturated rings. The molecule has 0 aromatic heterocycles. The average Bonchev–Trinajstić information content (AvgIpc) is 2.37. The highest BCUT2D eigenvalue weighted by atomic mass is 32.2. The summed E-state index contributed by atoms with van der Waals surface area (Å²) in [6.07, 6.45) is 2.03. The van der Waals surface area contributed by atoms with Gasteiger partial charge in [-0.25, -0.2) is 0 Å². The van der Waals surface area contributed by atoms with Crippen molar-refractivity contribution >= 4 is 17.4 Å². The van der Waals surface area contributed by atoms with Gasteiger partial charge in [0.25, 0.3) is 0 Å². The van der Waals surface area contributed by atoms with E-state index in [1.165, 1.54) is 22.6 Å². The smallest absolute Gasteiger partial charge is 0.0396 e. The predicted molar refractivity (Wildman–Crippen MR) is 91.9 cm³/mol. The summed E-state index contributed by atoms with van der Waals surface area (Å²) in [5.74, 6) is 1.22. The largest absolute Gasteiger partial charge is 0.369 e. The Morgan fingerprint density at radius 3 is 2.75 bits per heavy atom. The van der Waals surface area contributed by atoms with Crippen molar-refractivity contribution < 1.29 is 0 Å². The third kappa shape index (κ3) is 3.92. The number of rotatable bonds is 4. The molecule has 1 aromatic rings. The van der Waals surface area contributed by atoms with Crippen molar-refractivity contribution in [3.63, 3.8) is 0 Å². The van der Waals surface area contributed by atoms with Gasteiger partial charge in [-0.1, -0.05) is 19.1 Å². The van der Waals surface area contributed by atoms with Crippen LogP contribution in [0.1, 0.15) is 38.3 Å². The minimum Gasteiger partial charge on any atom is -0.369 e. The third-order valence-corrected chi connectivity index (χ3v) is 5.35. The molecule has 2 rings (SSSR count). The summed E-state index contributed by atoms with van der Waals surface area (Å²) in [5, 5.41) is 0. The SMILES string of the molecule is CCC(N)Cc1ccc(N2CCSC(C)(C)C2)c(C)c1. The van der Waals surface area contributed by atoms with Crippen LogP contribution in [0, 0.1) is 6.92 Å². The molecule has 1 aromatic carbocycles. The van der Waals surface area contributed by atoms with E-state index in [4.69, 9.17) is 5.73 Å². The second-order valence-corrected chi connectivity index (χ2v) is 8.33. The Morgan fingerprint density at radius 1 is 1.40 bits per heavy atom. The maximum Gasteiger partial charge on any atom is 0.0396 e. The Balaban J connectivity index is 2.13. The molecule has 1 aliphatic rings. The molecule has 20 heavy (non-hydrogen) atoms. The van der Waals surface area contributed by atoms with E-state index < -0.39 is 0 Å². The van der Waals surface area contributed by atoms with Crippen LogP contribution in [0.25, 0.3) is 0 Å². The highest BCUT2D eigenvalue weighted by Crippen LogP contribution is 2.33. The van der Waals surface area contributed by atoms with Crippen molar-refractivity contribution in [1.29, 1.82) is 0 Å². The first-order chi connectivity index (χ1) is 9.41. The molecule has 2 nitrogen and oxygen atoms in total. The zero-order chi connectivity index (χ0) is 14.8. The molecule has 1 aliphatic heterocycles. The fourth-order valence-electron chi connectivity index (χ4n) is 2.87. The Labute approximate surface area is 128 Å². The fourth-order valence-corrected chi connectivity index (χ4v) is 3.98. The van der Waals surface area contributed by atoms with Crippen LogP contribution in [0.5, 0.6) is 0 Å². The molecule has 1 heterocycles. The first-order valence-electron chi connectivity index (χ1n) is 7.65. The molecule has 0 amide bonds. The number of hydrogen-bond donors (Lipinski definition) is 1. The summed E-state index contributed by atoms with van der Waals surface area (Å²) >= 11 is 2.08. The summed E-state index contributed by atoms with van der Waals surface area (Å²) in [5.41, 5.74) is 10.2. The van der Waals surface area contributed by atoms with Gasteiger partial charge in [-0.15, -0.1) is 0 Å². The number of thioether (sulfide) groups is 1. The second kappa shape index (κ2) is 6.40. The van der Waals surface area contributed by atoms with Crippen LogP contribution in [0.2, 0.25) is 0 Å². The lowest BCUT2D eigenvalue weighted by atomic mass is 10.0. The Morgan fingerprint density at radius 2 is 2.15 bits per heavy atom. The van der Waals surface area contributed by atoms with Crippen molar-refractivity contribution in [2.45, 2.75) is 51.3 Å². The van der Waals surface area contributed by atoms with E-state index in [9.17, 15) is 0 Å². The van der Waals surface area contributed by atoms with Crippen molar-refractivity contribution in [2.24, 2.45) is 5.73 Å².